The fraction of sp³-hybridized carbons (Fsp3) is 0.750. The number of aliphatic hydroxyl groups is 1. The molecule has 30 heavy (non-hydrogen) atoms. The Morgan fingerprint density at radius 1 is 1.00 bits per heavy atom. The van der Waals surface area contributed by atoms with Crippen molar-refractivity contribution in [3.05, 3.63) is 24.7 Å². The summed E-state index contributed by atoms with van der Waals surface area (Å²) in [6.07, 6.45) is 10.7. The van der Waals surface area contributed by atoms with Crippen molar-refractivity contribution in [2.75, 3.05) is 41.4 Å². The second-order valence-corrected chi connectivity index (χ2v) is 10.9. The average Bonchev–Trinajstić information content (AvgIpc) is 2.68. The Hall–Kier alpha value is 0.110. The molecule has 0 aromatic rings. The summed E-state index contributed by atoms with van der Waals surface area (Å²) < 4.78 is 59.3. The molecule has 0 saturated carbocycles. The number of nitrogens with zero attached hydrogens (tertiary/aromatic N) is 2. The van der Waals surface area contributed by atoms with Crippen molar-refractivity contribution < 1.29 is 66.6 Å². The first-order valence-electron chi connectivity index (χ1n) is 8.81. The Kier molecular flexibility index (Phi) is 18.0. The van der Waals surface area contributed by atoms with Gasteiger partial charge in [-0.25, -0.2) is 0 Å². The number of hydrogen-bond acceptors (Lipinski definition) is 8. The van der Waals surface area contributed by atoms with Gasteiger partial charge in [0.15, 0.2) is 0 Å². The summed E-state index contributed by atoms with van der Waals surface area (Å²) >= 11 is 0. The smallest absolute Gasteiger partial charge is 1.00 e. The molecule has 0 aromatic heterocycles. The predicted octanol–water partition coefficient (Wildman–Crippen LogP) is -1.68. The molecule has 14 heteroatoms. The minimum Gasteiger partial charge on any atom is -1.00 e. The zero-order valence-corrected chi connectivity index (χ0v) is 22.5. The quantitative estimate of drug-likeness (QED) is 0.337. The first kappa shape index (κ1) is 32.3. The molecule has 0 aromatic carbocycles. The molecule has 0 aliphatic carbocycles. The average molecular weight is 503 g/mol. The summed E-state index contributed by atoms with van der Waals surface area (Å²) in [5, 5.41) is 8.53. The van der Waals surface area contributed by atoms with Crippen molar-refractivity contribution in [2.24, 2.45) is 0 Å². The molecule has 10 nitrogen and oxygen atoms in total. The van der Waals surface area contributed by atoms with Crippen LogP contribution in [0.5, 0.6) is 0 Å². The Bertz CT molecular complexity index is 721. The van der Waals surface area contributed by atoms with E-state index in [0.29, 0.717) is 0 Å². The van der Waals surface area contributed by atoms with Gasteiger partial charge in [0.1, 0.15) is 18.8 Å². The normalized spacial score (nSPS) is 20.7. The fourth-order valence-corrected chi connectivity index (χ4v) is 2.23. The Morgan fingerprint density at radius 2 is 1.43 bits per heavy atom. The standard InChI is InChI=1S/C8H15NO4S.C6H10O2.C2H6ClNO2S.Na.H/c1-9(2)14(10,11)13-7-8-5-3-4-6-12-8;7-5-6-3-1-2-4-8-6;1-4(2)7(3,5)6;;/h4,6,8H,3,5,7H2,1-2H3;2,4,6-7H,1,3,5H2;1-2H3;;/q;;;+1;-1. The van der Waals surface area contributed by atoms with E-state index in [1.807, 2.05) is 12.2 Å². The van der Waals surface area contributed by atoms with E-state index in [1.165, 1.54) is 28.2 Å². The van der Waals surface area contributed by atoms with Crippen LogP contribution in [-0.4, -0.2) is 84.2 Å². The summed E-state index contributed by atoms with van der Waals surface area (Å²) in [7, 11) is 3.34. The molecule has 2 atom stereocenters. The van der Waals surface area contributed by atoms with Crippen molar-refractivity contribution in [3.8, 4) is 0 Å². The molecule has 0 bridgehead atoms. The van der Waals surface area contributed by atoms with E-state index >= 15 is 0 Å². The summed E-state index contributed by atoms with van der Waals surface area (Å²) in [4.78, 5) is 0. The van der Waals surface area contributed by atoms with Crippen LogP contribution in [0.1, 0.15) is 27.1 Å². The molecule has 2 rings (SSSR count). The molecule has 0 spiro atoms. The largest absolute Gasteiger partial charge is 1.00 e. The van der Waals surface area contributed by atoms with E-state index in [2.05, 4.69) is 0 Å². The molecule has 174 valence electrons. The molecule has 2 aliphatic heterocycles. The van der Waals surface area contributed by atoms with Crippen molar-refractivity contribution in [3.63, 3.8) is 0 Å². The van der Waals surface area contributed by atoms with Crippen LogP contribution in [0, 0.1) is 0 Å². The molecule has 0 fully saturated rings. The molecule has 0 radical (unpaired) electrons. The number of hydrogen-bond donors (Lipinski definition) is 1. The van der Waals surface area contributed by atoms with Gasteiger partial charge in [0, 0.05) is 38.9 Å². The van der Waals surface area contributed by atoms with E-state index in [0.717, 1.165) is 34.3 Å². The SMILES string of the molecule is CN(C)S(=O)(=O)Cl.CN(C)S(=O)(=O)OCC1CCC=CO1.OCC1CCC=CO1.[H-].[Na+]. The molecule has 0 saturated heterocycles. The minimum absolute atomic E-state index is 0. The number of rotatable bonds is 6. The van der Waals surface area contributed by atoms with Gasteiger partial charge in [-0.15, -0.1) is 0 Å². The molecule has 2 aliphatic rings. The summed E-state index contributed by atoms with van der Waals surface area (Å²) in [6, 6.07) is 0. The van der Waals surface area contributed by atoms with Crippen LogP contribution in [0.25, 0.3) is 0 Å². The van der Waals surface area contributed by atoms with Gasteiger partial charge in [0.05, 0.1) is 19.1 Å². The topological polar surface area (TPSA) is 123 Å². The van der Waals surface area contributed by atoms with Gasteiger partial charge >= 0.3 is 39.9 Å². The van der Waals surface area contributed by atoms with Gasteiger partial charge < -0.3 is 16.0 Å². The molecule has 2 unspecified atom stereocenters. The molecule has 1 N–H and O–H groups in total. The van der Waals surface area contributed by atoms with Crippen LogP contribution in [-0.2, 0) is 33.2 Å². The number of allylic oxidation sites excluding steroid dienone is 2. The van der Waals surface area contributed by atoms with Crippen LogP contribution in [0.4, 0.5) is 0 Å². The number of ether oxygens (including phenoxy) is 2. The van der Waals surface area contributed by atoms with Gasteiger partial charge in [-0.05, 0) is 37.8 Å². The molecular weight excluding hydrogens is 471 g/mol. The molecule has 2 heterocycles. The van der Waals surface area contributed by atoms with E-state index in [-0.39, 0.29) is 56.4 Å². The molecule has 0 amide bonds. The third-order valence-corrected chi connectivity index (χ3v) is 6.56. The van der Waals surface area contributed by atoms with Crippen molar-refractivity contribution in [1.29, 1.82) is 0 Å². The van der Waals surface area contributed by atoms with Crippen molar-refractivity contribution in [1.82, 2.24) is 8.61 Å². The Morgan fingerprint density at radius 3 is 1.70 bits per heavy atom. The van der Waals surface area contributed by atoms with Crippen molar-refractivity contribution >= 4 is 30.2 Å². The minimum atomic E-state index is -3.57. The van der Waals surface area contributed by atoms with E-state index < -0.39 is 19.5 Å². The Balaban J connectivity index is -0.000000398. The monoisotopic (exact) mass is 502 g/mol. The maximum atomic E-state index is 11.2. The zero-order chi connectivity index (χ0) is 22.5. The summed E-state index contributed by atoms with van der Waals surface area (Å²) in [6.45, 7) is 0.217. The van der Waals surface area contributed by atoms with Gasteiger partial charge in [-0.1, -0.05) is 0 Å². The number of halogens is 1. The second-order valence-electron chi connectivity index (χ2n) is 6.35. The fourth-order valence-electron chi connectivity index (χ4n) is 1.69. The predicted molar refractivity (Wildman–Crippen MR) is 112 cm³/mol. The van der Waals surface area contributed by atoms with Gasteiger partial charge in [-0.3, -0.25) is 4.18 Å². The van der Waals surface area contributed by atoms with Crippen LogP contribution in [0.15, 0.2) is 24.7 Å². The summed E-state index contributed by atoms with van der Waals surface area (Å²) in [5.74, 6) is 0. The van der Waals surface area contributed by atoms with E-state index in [1.54, 1.807) is 12.5 Å². The summed E-state index contributed by atoms with van der Waals surface area (Å²) in [5.41, 5.74) is 0. The Labute approximate surface area is 208 Å². The van der Waals surface area contributed by atoms with Crippen molar-refractivity contribution in [2.45, 2.75) is 37.9 Å². The van der Waals surface area contributed by atoms with Gasteiger partial charge in [-0.2, -0.15) is 25.4 Å². The van der Waals surface area contributed by atoms with Crippen LogP contribution in [0.2, 0.25) is 0 Å². The van der Waals surface area contributed by atoms with E-state index in [9.17, 15) is 16.8 Å². The third kappa shape index (κ3) is 15.8. The van der Waals surface area contributed by atoms with E-state index in [4.69, 9.17) is 29.4 Å². The number of aliphatic hydroxyl groups excluding tert-OH is 1. The second kappa shape index (κ2) is 16.7. The zero-order valence-electron chi connectivity index (χ0n) is 19.1. The first-order chi connectivity index (χ1) is 13.4. The van der Waals surface area contributed by atoms with Gasteiger partial charge in [0.25, 0.3) is 9.24 Å². The van der Waals surface area contributed by atoms with Crippen LogP contribution < -0.4 is 29.6 Å². The third-order valence-electron chi connectivity index (χ3n) is 3.53. The molecular formula is C16H32ClN2NaO8S2. The van der Waals surface area contributed by atoms with Crippen LogP contribution in [0.3, 0.4) is 0 Å². The maximum Gasteiger partial charge on any atom is 1.00 e. The van der Waals surface area contributed by atoms with Gasteiger partial charge in [0.2, 0.25) is 0 Å². The van der Waals surface area contributed by atoms with Crippen LogP contribution >= 0.6 is 10.7 Å². The maximum absolute atomic E-state index is 11.2. The first-order valence-corrected chi connectivity index (χ1v) is 12.4.